The second kappa shape index (κ2) is 10.2. The molecule has 1 unspecified atom stereocenters. The number of benzene rings is 1. The van der Waals surface area contributed by atoms with Crippen molar-refractivity contribution in [1.82, 2.24) is 10.2 Å². The molecular formula is C21H32N2O2. The van der Waals surface area contributed by atoms with E-state index in [1.807, 2.05) is 33.0 Å². The predicted octanol–water partition coefficient (Wildman–Crippen LogP) is 3.91. The number of rotatable bonds is 9. The zero-order chi connectivity index (χ0) is 18.1. The lowest BCUT2D eigenvalue weighted by Gasteiger charge is -2.24. The van der Waals surface area contributed by atoms with Gasteiger partial charge in [0.05, 0.1) is 12.6 Å². The van der Waals surface area contributed by atoms with Crippen molar-refractivity contribution in [2.45, 2.75) is 58.5 Å². The summed E-state index contributed by atoms with van der Waals surface area (Å²) in [6.45, 7) is 6.10. The number of hydrogen-bond acceptors (Lipinski definition) is 3. The van der Waals surface area contributed by atoms with E-state index < -0.39 is 0 Å². The number of allylic oxidation sites excluding steroid dienone is 1. The molecule has 2 rings (SSSR count). The highest BCUT2D eigenvalue weighted by Crippen LogP contribution is 2.19. The summed E-state index contributed by atoms with van der Waals surface area (Å²) in [4.78, 5) is 14.4. The van der Waals surface area contributed by atoms with Crippen LogP contribution in [0.5, 0.6) is 5.75 Å². The Bertz CT molecular complexity index is 566. The van der Waals surface area contributed by atoms with Crippen LogP contribution < -0.4 is 10.1 Å². The molecule has 4 nitrogen and oxygen atoms in total. The Morgan fingerprint density at radius 3 is 2.68 bits per heavy atom. The average molecular weight is 344 g/mol. The summed E-state index contributed by atoms with van der Waals surface area (Å²) >= 11 is 0. The van der Waals surface area contributed by atoms with Crippen molar-refractivity contribution in [3.8, 4) is 5.75 Å². The lowest BCUT2D eigenvalue weighted by Crippen LogP contribution is -2.43. The van der Waals surface area contributed by atoms with Crippen LogP contribution >= 0.6 is 0 Å². The predicted molar refractivity (Wildman–Crippen MR) is 103 cm³/mol. The van der Waals surface area contributed by atoms with Crippen LogP contribution in [0, 0.1) is 0 Å². The van der Waals surface area contributed by atoms with Gasteiger partial charge in [-0.25, -0.2) is 0 Å². The van der Waals surface area contributed by atoms with Gasteiger partial charge in [0.2, 0.25) is 5.91 Å². The lowest BCUT2D eigenvalue weighted by atomic mass is 9.97. The summed E-state index contributed by atoms with van der Waals surface area (Å²) in [6.07, 6.45) is 8.33. The van der Waals surface area contributed by atoms with Crippen LogP contribution in [0.25, 0.3) is 0 Å². The molecule has 0 bridgehead atoms. The summed E-state index contributed by atoms with van der Waals surface area (Å²) in [6, 6.07) is 7.93. The largest absolute Gasteiger partial charge is 0.494 e. The summed E-state index contributed by atoms with van der Waals surface area (Å²) in [5, 5.41) is 3.08. The van der Waals surface area contributed by atoms with Gasteiger partial charge in [-0.05, 0) is 70.7 Å². The SMILES string of the molecule is CCOc1ccc(CN(C)C(C)C(=O)NCCC2=CCCCC2)cc1. The minimum absolute atomic E-state index is 0.102. The Morgan fingerprint density at radius 1 is 1.28 bits per heavy atom. The van der Waals surface area contributed by atoms with E-state index in [-0.39, 0.29) is 11.9 Å². The zero-order valence-corrected chi connectivity index (χ0v) is 15.9. The van der Waals surface area contributed by atoms with Crippen LogP contribution in [0.4, 0.5) is 0 Å². The van der Waals surface area contributed by atoms with Gasteiger partial charge >= 0.3 is 0 Å². The Hall–Kier alpha value is -1.81. The second-order valence-corrected chi connectivity index (χ2v) is 6.82. The van der Waals surface area contributed by atoms with E-state index in [0.29, 0.717) is 6.61 Å². The molecule has 1 aliphatic carbocycles. The van der Waals surface area contributed by atoms with Crippen molar-refractivity contribution in [3.63, 3.8) is 0 Å². The van der Waals surface area contributed by atoms with E-state index in [1.165, 1.54) is 36.8 Å². The molecule has 0 fully saturated rings. The second-order valence-electron chi connectivity index (χ2n) is 6.82. The summed E-state index contributed by atoms with van der Waals surface area (Å²) in [5.74, 6) is 0.988. The number of carbonyl (C=O) groups is 1. The fourth-order valence-corrected chi connectivity index (χ4v) is 3.11. The minimum atomic E-state index is -0.146. The molecule has 1 aromatic rings. The molecule has 0 aromatic heterocycles. The van der Waals surface area contributed by atoms with E-state index in [9.17, 15) is 4.79 Å². The van der Waals surface area contributed by atoms with Crippen LogP contribution in [-0.2, 0) is 11.3 Å². The molecule has 0 heterocycles. The Balaban J connectivity index is 1.74. The number of nitrogens with zero attached hydrogens (tertiary/aromatic N) is 1. The Morgan fingerprint density at radius 2 is 2.04 bits per heavy atom. The van der Waals surface area contributed by atoms with Crippen molar-refractivity contribution < 1.29 is 9.53 Å². The molecule has 0 aliphatic heterocycles. The highest BCUT2D eigenvalue weighted by Gasteiger charge is 2.18. The molecule has 25 heavy (non-hydrogen) atoms. The molecule has 1 atom stereocenters. The van der Waals surface area contributed by atoms with Crippen molar-refractivity contribution in [3.05, 3.63) is 41.5 Å². The van der Waals surface area contributed by atoms with Crippen molar-refractivity contribution in [2.24, 2.45) is 0 Å². The number of carbonyl (C=O) groups excluding carboxylic acids is 1. The maximum Gasteiger partial charge on any atom is 0.237 e. The minimum Gasteiger partial charge on any atom is -0.494 e. The van der Waals surface area contributed by atoms with Gasteiger partial charge in [0.1, 0.15) is 5.75 Å². The molecule has 0 saturated carbocycles. The highest BCUT2D eigenvalue weighted by molar-refractivity contribution is 5.81. The third-order valence-corrected chi connectivity index (χ3v) is 4.84. The van der Waals surface area contributed by atoms with E-state index in [1.54, 1.807) is 0 Å². The van der Waals surface area contributed by atoms with Crippen molar-refractivity contribution >= 4 is 5.91 Å². The summed E-state index contributed by atoms with van der Waals surface area (Å²) in [5.41, 5.74) is 2.68. The number of nitrogens with one attached hydrogen (secondary N) is 1. The van der Waals surface area contributed by atoms with Gasteiger partial charge in [0, 0.05) is 13.1 Å². The first-order valence-electron chi connectivity index (χ1n) is 9.47. The maximum atomic E-state index is 12.4. The first-order valence-corrected chi connectivity index (χ1v) is 9.47. The Labute approximate surface area is 152 Å². The van der Waals surface area contributed by atoms with Gasteiger partial charge in [-0.1, -0.05) is 23.8 Å². The van der Waals surface area contributed by atoms with Gasteiger partial charge in [-0.3, -0.25) is 9.69 Å². The lowest BCUT2D eigenvalue weighted by molar-refractivity contribution is -0.125. The standard InChI is InChI=1S/C21H32N2O2/c1-4-25-20-12-10-19(11-13-20)16-23(3)17(2)21(24)22-15-14-18-8-6-5-7-9-18/h8,10-13,17H,4-7,9,14-16H2,1-3H3,(H,22,24). The van der Waals surface area contributed by atoms with Crippen molar-refractivity contribution in [1.29, 1.82) is 0 Å². The fraction of sp³-hybridized carbons (Fsp3) is 0.571. The topological polar surface area (TPSA) is 41.6 Å². The molecule has 1 aliphatic rings. The van der Waals surface area contributed by atoms with Gasteiger partial charge in [0.15, 0.2) is 0 Å². The Kier molecular flexibility index (Phi) is 7.99. The van der Waals surface area contributed by atoms with E-state index in [0.717, 1.165) is 25.3 Å². The van der Waals surface area contributed by atoms with Crippen molar-refractivity contribution in [2.75, 3.05) is 20.2 Å². The average Bonchev–Trinajstić information content (AvgIpc) is 2.63. The molecule has 1 amide bonds. The molecule has 4 heteroatoms. The zero-order valence-electron chi connectivity index (χ0n) is 15.9. The first-order chi connectivity index (χ1) is 12.1. The highest BCUT2D eigenvalue weighted by atomic mass is 16.5. The first kappa shape index (κ1) is 19.5. The number of amides is 1. The third kappa shape index (κ3) is 6.54. The number of ether oxygens (including phenoxy) is 1. The molecule has 138 valence electrons. The number of hydrogen-bond donors (Lipinski definition) is 1. The monoisotopic (exact) mass is 344 g/mol. The molecular weight excluding hydrogens is 312 g/mol. The van der Waals surface area contributed by atoms with E-state index in [2.05, 4.69) is 28.4 Å². The molecule has 0 saturated heterocycles. The number of likely N-dealkylation sites (N-methyl/N-ethyl adjacent to an activating group) is 1. The third-order valence-electron chi connectivity index (χ3n) is 4.84. The van der Waals surface area contributed by atoms with Crippen LogP contribution in [0.2, 0.25) is 0 Å². The molecule has 0 radical (unpaired) electrons. The van der Waals surface area contributed by atoms with E-state index >= 15 is 0 Å². The van der Waals surface area contributed by atoms with Crippen LogP contribution in [-0.4, -0.2) is 37.0 Å². The quantitative estimate of drug-likeness (QED) is 0.691. The van der Waals surface area contributed by atoms with Gasteiger partial charge in [0.25, 0.3) is 0 Å². The van der Waals surface area contributed by atoms with Crippen LogP contribution in [0.15, 0.2) is 35.9 Å². The molecule has 1 aromatic carbocycles. The van der Waals surface area contributed by atoms with Gasteiger partial charge < -0.3 is 10.1 Å². The summed E-state index contributed by atoms with van der Waals surface area (Å²) < 4.78 is 5.46. The van der Waals surface area contributed by atoms with Crippen LogP contribution in [0.3, 0.4) is 0 Å². The smallest absolute Gasteiger partial charge is 0.237 e. The van der Waals surface area contributed by atoms with E-state index in [4.69, 9.17) is 4.74 Å². The fourth-order valence-electron chi connectivity index (χ4n) is 3.11. The van der Waals surface area contributed by atoms with Gasteiger partial charge in [-0.15, -0.1) is 0 Å². The van der Waals surface area contributed by atoms with Gasteiger partial charge in [-0.2, -0.15) is 0 Å². The normalized spacial score (nSPS) is 15.6. The van der Waals surface area contributed by atoms with Crippen LogP contribution in [0.1, 0.15) is 51.5 Å². The molecule has 0 spiro atoms. The molecule has 1 N–H and O–H groups in total. The maximum absolute atomic E-state index is 12.4. The summed E-state index contributed by atoms with van der Waals surface area (Å²) in [7, 11) is 1.99.